The van der Waals surface area contributed by atoms with Crippen molar-refractivity contribution in [2.45, 2.75) is 32.1 Å². The van der Waals surface area contributed by atoms with E-state index < -0.39 is 17.3 Å². The highest BCUT2D eigenvalue weighted by Crippen LogP contribution is 2.29. The number of halogens is 3. The minimum absolute atomic E-state index is 0.0849. The average Bonchev–Trinajstić information content (AvgIpc) is 2.72. The summed E-state index contributed by atoms with van der Waals surface area (Å²) >= 11 is 0. The molecule has 10 heteroatoms. The molecule has 164 valence electrons. The summed E-state index contributed by atoms with van der Waals surface area (Å²) in [6.07, 6.45) is -4.41. The third-order valence-electron chi connectivity index (χ3n) is 4.22. The Kier molecular flexibility index (Phi) is 6.59. The predicted molar refractivity (Wildman–Crippen MR) is 113 cm³/mol. The van der Waals surface area contributed by atoms with Crippen molar-refractivity contribution < 1.29 is 18.3 Å². The second-order valence-electron chi connectivity index (χ2n) is 7.52. The van der Waals surface area contributed by atoms with Gasteiger partial charge in [-0.15, -0.1) is 0 Å². The molecule has 0 fully saturated rings. The van der Waals surface area contributed by atoms with Crippen molar-refractivity contribution in [1.82, 2.24) is 15.0 Å². The summed E-state index contributed by atoms with van der Waals surface area (Å²) in [4.78, 5) is 12.9. The fourth-order valence-electron chi connectivity index (χ4n) is 2.60. The number of para-hydroxylation sites is 1. The monoisotopic (exact) mass is 432 g/mol. The van der Waals surface area contributed by atoms with Crippen LogP contribution in [0.1, 0.15) is 25.0 Å². The van der Waals surface area contributed by atoms with Crippen LogP contribution in [0.15, 0.2) is 54.6 Å². The van der Waals surface area contributed by atoms with E-state index >= 15 is 0 Å². The second-order valence-corrected chi connectivity index (χ2v) is 7.52. The van der Waals surface area contributed by atoms with Crippen LogP contribution in [-0.4, -0.2) is 32.2 Å². The van der Waals surface area contributed by atoms with E-state index in [9.17, 15) is 18.3 Å². The van der Waals surface area contributed by atoms with Crippen LogP contribution in [0, 0.1) is 0 Å². The lowest BCUT2D eigenvalue weighted by Gasteiger charge is -2.23. The number of hydrogen-bond acceptors (Lipinski definition) is 7. The molecule has 0 bridgehead atoms. The molecule has 0 spiro atoms. The summed E-state index contributed by atoms with van der Waals surface area (Å²) in [5, 5.41) is 18.5. The van der Waals surface area contributed by atoms with Gasteiger partial charge in [-0.1, -0.05) is 30.3 Å². The largest absolute Gasteiger partial charge is 0.416 e. The molecule has 0 amide bonds. The van der Waals surface area contributed by atoms with E-state index in [4.69, 9.17) is 0 Å². The smallest absolute Gasteiger partial charge is 0.394 e. The molecular weight excluding hydrogens is 409 g/mol. The van der Waals surface area contributed by atoms with Gasteiger partial charge >= 0.3 is 6.18 Å². The molecule has 1 aromatic heterocycles. The molecule has 1 heterocycles. The number of hydrogen-bond donors (Lipinski definition) is 4. The van der Waals surface area contributed by atoms with Crippen LogP contribution in [0.2, 0.25) is 0 Å². The first-order valence-electron chi connectivity index (χ1n) is 9.52. The molecule has 0 saturated carbocycles. The van der Waals surface area contributed by atoms with Crippen molar-refractivity contribution in [1.29, 1.82) is 0 Å². The Morgan fingerprint density at radius 3 is 2.23 bits per heavy atom. The summed E-state index contributed by atoms with van der Waals surface area (Å²) in [5.74, 6) is 0.616. The lowest BCUT2D eigenvalue weighted by molar-refractivity contribution is -0.137. The minimum Gasteiger partial charge on any atom is -0.394 e. The highest BCUT2D eigenvalue weighted by molar-refractivity contribution is 5.55. The number of anilines is 4. The Bertz CT molecular complexity index is 1010. The molecule has 3 rings (SSSR count). The molecule has 0 aliphatic heterocycles. The molecule has 4 N–H and O–H groups in total. The van der Waals surface area contributed by atoms with Crippen molar-refractivity contribution in [3.05, 3.63) is 65.7 Å². The predicted octanol–water partition coefficient (Wildman–Crippen LogP) is 4.43. The van der Waals surface area contributed by atoms with Crippen molar-refractivity contribution in [2.75, 3.05) is 22.6 Å². The first-order valence-corrected chi connectivity index (χ1v) is 9.52. The SMILES string of the molecule is CC(C)(CO)Nc1nc(NCc2cccc(C(F)(F)F)c2)nc(Nc2ccccc2)n1. The number of rotatable bonds is 8. The number of benzene rings is 2. The fraction of sp³-hybridized carbons (Fsp3) is 0.286. The average molecular weight is 432 g/mol. The van der Waals surface area contributed by atoms with E-state index in [1.807, 2.05) is 30.3 Å². The van der Waals surface area contributed by atoms with Crippen LogP contribution in [-0.2, 0) is 12.7 Å². The van der Waals surface area contributed by atoms with Crippen molar-refractivity contribution in [3.8, 4) is 0 Å². The number of aliphatic hydroxyl groups excluding tert-OH is 1. The van der Waals surface area contributed by atoms with Crippen LogP contribution in [0.4, 0.5) is 36.7 Å². The molecule has 0 aliphatic carbocycles. The van der Waals surface area contributed by atoms with E-state index in [1.165, 1.54) is 6.07 Å². The molecule has 7 nitrogen and oxygen atoms in total. The molecule has 0 saturated heterocycles. The van der Waals surface area contributed by atoms with Gasteiger partial charge in [0.2, 0.25) is 17.8 Å². The van der Waals surface area contributed by atoms with Gasteiger partial charge in [-0.05, 0) is 43.7 Å². The third-order valence-corrected chi connectivity index (χ3v) is 4.22. The van der Waals surface area contributed by atoms with Crippen molar-refractivity contribution >= 4 is 23.5 Å². The zero-order valence-corrected chi connectivity index (χ0v) is 17.0. The van der Waals surface area contributed by atoms with Crippen molar-refractivity contribution in [3.63, 3.8) is 0 Å². The zero-order valence-electron chi connectivity index (χ0n) is 17.0. The van der Waals surface area contributed by atoms with Gasteiger partial charge in [0.1, 0.15) is 0 Å². The lowest BCUT2D eigenvalue weighted by atomic mass is 10.1. The fourth-order valence-corrected chi connectivity index (χ4v) is 2.60. The van der Waals surface area contributed by atoms with E-state index in [1.54, 1.807) is 19.9 Å². The Morgan fingerprint density at radius 2 is 1.55 bits per heavy atom. The van der Waals surface area contributed by atoms with E-state index in [-0.39, 0.29) is 31.0 Å². The molecule has 3 aromatic rings. The molecule has 0 aliphatic rings. The topological polar surface area (TPSA) is 95.0 Å². The number of alkyl halides is 3. The highest BCUT2D eigenvalue weighted by atomic mass is 19.4. The Morgan fingerprint density at radius 1 is 0.871 bits per heavy atom. The maximum absolute atomic E-state index is 12.9. The van der Waals surface area contributed by atoms with Crippen LogP contribution in [0.3, 0.4) is 0 Å². The second kappa shape index (κ2) is 9.17. The summed E-state index contributed by atoms with van der Waals surface area (Å²) in [5.41, 5.74) is -0.229. The maximum atomic E-state index is 12.9. The first kappa shape index (κ1) is 22.3. The van der Waals surface area contributed by atoms with E-state index in [0.717, 1.165) is 17.8 Å². The normalized spacial score (nSPS) is 11.8. The van der Waals surface area contributed by atoms with Gasteiger partial charge in [-0.3, -0.25) is 0 Å². The molecule has 31 heavy (non-hydrogen) atoms. The Hall–Kier alpha value is -3.40. The maximum Gasteiger partial charge on any atom is 0.416 e. The third kappa shape index (κ3) is 6.54. The van der Waals surface area contributed by atoms with E-state index in [2.05, 4.69) is 30.9 Å². The molecule has 2 aromatic carbocycles. The van der Waals surface area contributed by atoms with Gasteiger partial charge in [0.05, 0.1) is 17.7 Å². The minimum atomic E-state index is -4.41. The number of nitrogens with zero attached hydrogens (tertiary/aromatic N) is 3. The van der Waals surface area contributed by atoms with Crippen LogP contribution >= 0.6 is 0 Å². The van der Waals surface area contributed by atoms with Crippen molar-refractivity contribution in [2.24, 2.45) is 0 Å². The molecular formula is C21H23F3N6O. The van der Waals surface area contributed by atoms with Gasteiger partial charge in [-0.25, -0.2) is 0 Å². The number of nitrogens with one attached hydrogen (secondary N) is 3. The number of aliphatic hydroxyl groups is 1. The van der Waals surface area contributed by atoms with Gasteiger partial charge in [0, 0.05) is 12.2 Å². The van der Waals surface area contributed by atoms with Gasteiger partial charge in [0.25, 0.3) is 0 Å². The summed E-state index contributed by atoms with van der Waals surface area (Å²) in [6, 6.07) is 14.3. The van der Waals surface area contributed by atoms with Gasteiger partial charge in [-0.2, -0.15) is 28.1 Å². The molecule has 0 atom stereocenters. The number of aromatic nitrogens is 3. The standard InChI is InChI=1S/C21H23F3N6O/c1-20(2,13-31)30-19-28-17(27-18(29-19)26-16-9-4-3-5-10-16)25-12-14-7-6-8-15(11-14)21(22,23)24/h3-11,31H,12-13H2,1-2H3,(H3,25,26,27,28,29,30). The lowest BCUT2D eigenvalue weighted by Crippen LogP contribution is -2.36. The quantitative estimate of drug-likeness (QED) is 0.418. The Labute approximate surface area is 177 Å². The summed E-state index contributed by atoms with van der Waals surface area (Å²) in [6.45, 7) is 3.47. The molecule has 0 unspecified atom stereocenters. The Balaban J connectivity index is 1.83. The van der Waals surface area contributed by atoms with Crippen LogP contribution < -0.4 is 16.0 Å². The molecule has 0 radical (unpaired) electrons. The van der Waals surface area contributed by atoms with Gasteiger partial charge < -0.3 is 21.1 Å². The first-order chi connectivity index (χ1) is 14.6. The van der Waals surface area contributed by atoms with Gasteiger partial charge in [0.15, 0.2) is 0 Å². The summed E-state index contributed by atoms with van der Waals surface area (Å²) < 4.78 is 38.8. The van der Waals surface area contributed by atoms with E-state index in [0.29, 0.717) is 5.56 Å². The summed E-state index contributed by atoms with van der Waals surface area (Å²) in [7, 11) is 0. The van der Waals surface area contributed by atoms with Crippen LogP contribution in [0.25, 0.3) is 0 Å². The highest BCUT2D eigenvalue weighted by Gasteiger charge is 2.30. The zero-order chi connectivity index (χ0) is 22.5. The van der Waals surface area contributed by atoms with Crippen LogP contribution in [0.5, 0.6) is 0 Å².